The molecule has 126 valence electrons. The summed E-state index contributed by atoms with van der Waals surface area (Å²) in [4.78, 5) is 12.1. The molecule has 0 radical (unpaired) electrons. The van der Waals surface area contributed by atoms with Gasteiger partial charge < -0.3 is 10.1 Å². The molecule has 2 N–H and O–H groups in total. The molecule has 0 bridgehead atoms. The highest BCUT2D eigenvalue weighted by Crippen LogP contribution is 2.15. The van der Waals surface area contributed by atoms with Gasteiger partial charge in [-0.15, -0.1) is 0 Å². The third-order valence-corrected chi connectivity index (χ3v) is 3.99. The van der Waals surface area contributed by atoms with Crippen LogP contribution in [0.5, 0.6) is 5.75 Å². The van der Waals surface area contributed by atoms with Crippen LogP contribution in [0, 0.1) is 0 Å². The number of carbonyl (C=O) groups is 1. The van der Waals surface area contributed by atoms with Crippen molar-refractivity contribution in [3.8, 4) is 5.75 Å². The quantitative estimate of drug-likeness (QED) is 0.583. The highest BCUT2D eigenvalue weighted by Gasteiger charge is 2.12. The molecule has 2 rings (SSSR count). The Labute approximate surface area is 150 Å². The van der Waals surface area contributed by atoms with Gasteiger partial charge in [0.1, 0.15) is 11.8 Å². The first-order valence-corrected chi connectivity index (χ1v) is 8.29. The summed E-state index contributed by atoms with van der Waals surface area (Å²) in [6.07, 6.45) is 0. The first kappa shape index (κ1) is 18.0. The molecule has 0 heterocycles. The first-order valence-electron chi connectivity index (χ1n) is 7.50. The van der Waals surface area contributed by atoms with Crippen molar-refractivity contribution in [1.29, 1.82) is 0 Å². The number of amides is 1. The molecule has 0 spiro atoms. The Balaban J connectivity index is 1.93. The van der Waals surface area contributed by atoms with E-state index in [-0.39, 0.29) is 5.91 Å². The molecular formula is C18H20BrN3O2. The molecule has 0 aromatic heterocycles. The Kier molecular flexibility index (Phi) is 6.37. The van der Waals surface area contributed by atoms with Crippen molar-refractivity contribution in [3.05, 3.63) is 58.6 Å². The van der Waals surface area contributed by atoms with Gasteiger partial charge in [-0.2, -0.15) is 5.10 Å². The molecule has 2 aromatic rings. The average Bonchev–Trinajstić information content (AvgIpc) is 2.61. The zero-order chi connectivity index (χ0) is 17.5. The Morgan fingerprint density at radius 2 is 1.75 bits per heavy atom. The van der Waals surface area contributed by atoms with E-state index in [2.05, 4.69) is 31.8 Å². The second-order valence-electron chi connectivity index (χ2n) is 5.27. The molecule has 0 aliphatic carbocycles. The van der Waals surface area contributed by atoms with E-state index < -0.39 is 6.04 Å². The van der Waals surface area contributed by atoms with Crippen molar-refractivity contribution in [2.24, 2.45) is 5.10 Å². The minimum Gasteiger partial charge on any atom is -0.497 e. The maximum absolute atomic E-state index is 12.1. The summed E-state index contributed by atoms with van der Waals surface area (Å²) in [5, 5.41) is 7.28. The summed E-state index contributed by atoms with van der Waals surface area (Å²) in [6, 6.07) is 14.7. The number of hydrogen-bond donors (Lipinski definition) is 2. The summed E-state index contributed by atoms with van der Waals surface area (Å²) in [5.41, 5.74) is 5.10. The maximum atomic E-state index is 12.1. The van der Waals surface area contributed by atoms with Crippen LogP contribution in [0.25, 0.3) is 0 Å². The van der Waals surface area contributed by atoms with E-state index in [1.165, 1.54) is 0 Å². The lowest BCUT2D eigenvalue weighted by Crippen LogP contribution is -2.35. The predicted octanol–water partition coefficient (Wildman–Crippen LogP) is 3.80. The summed E-state index contributed by atoms with van der Waals surface area (Å²) in [5.74, 6) is 0.577. The fourth-order valence-electron chi connectivity index (χ4n) is 1.99. The molecule has 0 aliphatic heterocycles. The normalized spacial score (nSPS) is 12.4. The first-order chi connectivity index (χ1) is 11.5. The highest BCUT2D eigenvalue weighted by atomic mass is 79.9. The third-order valence-electron chi connectivity index (χ3n) is 3.46. The zero-order valence-corrected chi connectivity index (χ0v) is 15.4. The number of nitrogens with one attached hydrogen (secondary N) is 2. The molecule has 0 saturated carbocycles. The molecule has 1 amide bonds. The van der Waals surface area contributed by atoms with Crippen LogP contribution in [0.1, 0.15) is 19.4 Å². The summed E-state index contributed by atoms with van der Waals surface area (Å²) >= 11 is 3.38. The molecule has 0 saturated heterocycles. The van der Waals surface area contributed by atoms with Crippen molar-refractivity contribution >= 4 is 33.2 Å². The van der Waals surface area contributed by atoms with Gasteiger partial charge in [0, 0.05) is 10.2 Å². The van der Waals surface area contributed by atoms with Crippen molar-refractivity contribution in [3.63, 3.8) is 0 Å². The lowest BCUT2D eigenvalue weighted by atomic mass is 10.1. The van der Waals surface area contributed by atoms with Crippen LogP contribution >= 0.6 is 15.9 Å². The molecule has 1 unspecified atom stereocenters. The van der Waals surface area contributed by atoms with E-state index in [1.807, 2.05) is 55.5 Å². The van der Waals surface area contributed by atoms with Gasteiger partial charge in [0.05, 0.1) is 12.8 Å². The molecule has 5 nitrogen and oxygen atoms in total. The van der Waals surface area contributed by atoms with Crippen LogP contribution in [-0.4, -0.2) is 24.8 Å². The largest absolute Gasteiger partial charge is 0.497 e. The summed E-state index contributed by atoms with van der Waals surface area (Å²) in [7, 11) is 1.62. The number of anilines is 1. The van der Waals surface area contributed by atoms with Gasteiger partial charge in [0.15, 0.2) is 0 Å². The van der Waals surface area contributed by atoms with Gasteiger partial charge in [0.25, 0.3) is 5.91 Å². The van der Waals surface area contributed by atoms with E-state index in [4.69, 9.17) is 4.74 Å². The van der Waals surface area contributed by atoms with Crippen LogP contribution < -0.4 is 15.5 Å². The predicted molar refractivity (Wildman–Crippen MR) is 101 cm³/mol. The van der Waals surface area contributed by atoms with E-state index in [9.17, 15) is 4.79 Å². The number of hydrogen-bond acceptors (Lipinski definition) is 4. The van der Waals surface area contributed by atoms with Crippen molar-refractivity contribution in [1.82, 2.24) is 5.43 Å². The number of hydrazone groups is 1. The maximum Gasteiger partial charge on any atom is 0.262 e. The minimum absolute atomic E-state index is 0.203. The van der Waals surface area contributed by atoms with E-state index in [0.717, 1.165) is 27.2 Å². The number of benzene rings is 2. The second-order valence-corrected chi connectivity index (χ2v) is 6.19. The fourth-order valence-corrected chi connectivity index (χ4v) is 2.26. The van der Waals surface area contributed by atoms with Crippen LogP contribution in [0.15, 0.2) is 58.1 Å². The molecule has 0 fully saturated rings. The molecule has 1 atom stereocenters. The van der Waals surface area contributed by atoms with E-state index in [0.29, 0.717) is 0 Å². The Bertz CT molecular complexity index is 712. The van der Waals surface area contributed by atoms with Crippen LogP contribution in [-0.2, 0) is 4.79 Å². The standard InChI is InChI=1S/C18H20BrN3O2/c1-12(14-4-10-17(24-3)11-5-14)21-22-18(23)13(2)20-16-8-6-15(19)7-9-16/h4-11,13,20H,1-3H3,(H,22,23)/b21-12+. The van der Waals surface area contributed by atoms with Gasteiger partial charge in [-0.1, -0.05) is 15.9 Å². The lowest BCUT2D eigenvalue weighted by Gasteiger charge is -2.14. The van der Waals surface area contributed by atoms with Gasteiger partial charge >= 0.3 is 0 Å². The number of ether oxygens (including phenoxy) is 1. The van der Waals surface area contributed by atoms with Gasteiger partial charge in [-0.05, 0) is 67.9 Å². The van der Waals surface area contributed by atoms with Crippen molar-refractivity contribution < 1.29 is 9.53 Å². The molecule has 0 aliphatic rings. The van der Waals surface area contributed by atoms with Crippen molar-refractivity contribution in [2.45, 2.75) is 19.9 Å². The fraction of sp³-hybridized carbons (Fsp3) is 0.222. The number of methoxy groups -OCH3 is 1. The monoisotopic (exact) mass is 389 g/mol. The Hall–Kier alpha value is -2.34. The smallest absolute Gasteiger partial charge is 0.262 e. The molecule has 6 heteroatoms. The minimum atomic E-state index is -0.404. The number of rotatable bonds is 6. The van der Waals surface area contributed by atoms with Gasteiger partial charge in [0.2, 0.25) is 0 Å². The highest BCUT2D eigenvalue weighted by molar-refractivity contribution is 9.10. The zero-order valence-electron chi connectivity index (χ0n) is 13.8. The topological polar surface area (TPSA) is 62.7 Å². The summed E-state index contributed by atoms with van der Waals surface area (Å²) in [6.45, 7) is 3.63. The van der Waals surface area contributed by atoms with Gasteiger partial charge in [-0.25, -0.2) is 5.43 Å². The Morgan fingerprint density at radius 3 is 2.33 bits per heavy atom. The summed E-state index contributed by atoms with van der Waals surface area (Å²) < 4.78 is 6.11. The SMILES string of the molecule is COc1ccc(/C(C)=N/NC(=O)C(C)Nc2ccc(Br)cc2)cc1. The van der Waals surface area contributed by atoms with Crippen LogP contribution in [0.4, 0.5) is 5.69 Å². The van der Waals surface area contributed by atoms with Crippen LogP contribution in [0.3, 0.4) is 0 Å². The lowest BCUT2D eigenvalue weighted by molar-refractivity contribution is -0.121. The average molecular weight is 390 g/mol. The van der Waals surface area contributed by atoms with E-state index >= 15 is 0 Å². The molecule has 24 heavy (non-hydrogen) atoms. The number of halogens is 1. The third kappa shape index (κ3) is 5.09. The molecule has 2 aromatic carbocycles. The number of carbonyl (C=O) groups excluding carboxylic acids is 1. The van der Waals surface area contributed by atoms with Crippen molar-refractivity contribution in [2.75, 3.05) is 12.4 Å². The Morgan fingerprint density at radius 1 is 1.12 bits per heavy atom. The van der Waals surface area contributed by atoms with E-state index in [1.54, 1.807) is 14.0 Å². The number of nitrogens with zero attached hydrogens (tertiary/aromatic N) is 1. The second kappa shape index (κ2) is 8.49. The van der Waals surface area contributed by atoms with Gasteiger partial charge in [-0.3, -0.25) is 4.79 Å². The molecular weight excluding hydrogens is 370 g/mol. The van der Waals surface area contributed by atoms with Crippen LogP contribution in [0.2, 0.25) is 0 Å².